The highest BCUT2D eigenvalue weighted by atomic mass is 16.5. The van der Waals surface area contributed by atoms with E-state index in [2.05, 4.69) is 272 Å². The second-order valence-electron chi connectivity index (χ2n) is 21.9. The molecular weight excluding hydrogens is 841 g/mol. The molecule has 0 saturated heterocycles. The molecule has 69 heavy (non-hydrogen) atoms. The predicted molar refractivity (Wildman–Crippen MR) is 290 cm³/mol. The lowest BCUT2D eigenvalue weighted by Crippen LogP contribution is -2.27. The number of anilines is 2. The van der Waals surface area contributed by atoms with Crippen molar-refractivity contribution in [2.45, 2.75) is 90.9 Å². The monoisotopic (exact) mass is 905 g/mol. The average molecular weight is 905 g/mol. The van der Waals surface area contributed by atoms with E-state index < -0.39 is 0 Å². The van der Waals surface area contributed by atoms with E-state index in [1.807, 2.05) is 6.20 Å². The van der Waals surface area contributed by atoms with Crippen LogP contribution in [0, 0.1) is 0 Å². The van der Waals surface area contributed by atoms with Crippen LogP contribution in [0.5, 0.6) is 11.5 Å². The van der Waals surface area contributed by atoms with E-state index in [0.29, 0.717) is 6.67 Å². The van der Waals surface area contributed by atoms with E-state index in [0.717, 1.165) is 61.9 Å². The van der Waals surface area contributed by atoms with Crippen LogP contribution in [0.4, 0.5) is 11.4 Å². The van der Waals surface area contributed by atoms with Gasteiger partial charge in [0, 0.05) is 57.5 Å². The summed E-state index contributed by atoms with van der Waals surface area (Å²) in [6.07, 6.45) is 4.25. The zero-order valence-corrected chi connectivity index (χ0v) is 41.9. The van der Waals surface area contributed by atoms with Crippen LogP contribution in [0.1, 0.15) is 108 Å². The molecule has 0 spiro atoms. The Balaban J connectivity index is 1.10. The number of fused-ring (bicyclic) bond motifs is 3. The molecule has 7 aromatic carbocycles. The molecule has 0 N–H and O–H groups in total. The molecular formula is C64H64N4O. The Kier molecular flexibility index (Phi) is 11.4. The summed E-state index contributed by atoms with van der Waals surface area (Å²) in [7, 11) is 0. The molecule has 1 aliphatic heterocycles. The lowest BCUT2D eigenvalue weighted by molar-refractivity contribution is 0.480. The first kappa shape index (κ1) is 45.4. The zero-order chi connectivity index (χ0) is 48.3. The molecule has 10 rings (SSSR count). The number of pyridine rings is 1. The molecule has 0 saturated carbocycles. The van der Waals surface area contributed by atoms with Gasteiger partial charge in [-0.1, -0.05) is 178 Å². The maximum Gasteiger partial charge on any atom is 0.137 e. The molecule has 5 nitrogen and oxygen atoms in total. The molecule has 0 unspecified atom stereocenters. The van der Waals surface area contributed by atoms with Crippen molar-refractivity contribution < 1.29 is 4.74 Å². The van der Waals surface area contributed by atoms with Gasteiger partial charge in [-0.3, -0.25) is 4.57 Å². The Morgan fingerprint density at radius 3 is 1.71 bits per heavy atom. The van der Waals surface area contributed by atoms with E-state index in [1.165, 1.54) is 33.2 Å². The van der Waals surface area contributed by atoms with Crippen molar-refractivity contribution in [2.24, 2.45) is 0 Å². The molecule has 0 atom stereocenters. The predicted octanol–water partition coefficient (Wildman–Crippen LogP) is 16.5. The minimum atomic E-state index is -0.330. The lowest BCUT2D eigenvalue weighted by atomic mass is 9.78. The van der Waals surface area contributed by atoms with E-state index in [-0.39, 0.29) is 21.7 Å². The zero-order valence-electron chi connectivity index (χ0n) is 41.9. The Bertz CT molecular complexity index is 3350. The van der Waals surface area contributed by atoms with Crippen LogP contribution >= 0.6 is 0 Å². The third-order valence-electron chi connectivity index (χ3n) is 14.4. The Labute approximate surface area is 409 Å². The summed E-state index contributed by atoms with van der Waals surface area (Å²) in [6, 6.07) is 66.0. The fourth-order valence-corrected chi connectivity index (χ4v) is 9.90. The van der Waals surface area contributed by atoms with Crippen molar-refractivity contribution in [3.05, 3.63) is 233 Å². The van der Waals surface area contributed by atoms with Crippen LogP contribution in [0.2, 0.25) is 0 Å². The van der Waals surface area contributed by atoms with E-state index in [4.69, 9.17) is 9.72 Å². The summed E-state index contributed by atoms with van der Waals surface area (Å²) in [6.45, 7) is 23.5. The smallest absolute Gasteiger partial charge is 0.137 e. The maximum atomic E-state index is 7.12. The molecule has 0 aliphatic carbocycles. The summed E-state index contributed by atoms with van der Waals surface area (Å²) < 4.78 is 9.43. The Morgan fingerprint density at radius 1 is 0.435 bits per heavy atom. The highest BCUT2D eigenvalue weighted by Gasteiger charge is 2.31. The van der Waals surface area contributed by atoms with Crippen LogP contribution in [-0.4, -0.2) is 16.2 Å². The summed E-state index contributed by atoms with van der Waals surface area (Å²) in [5.74, 6) is 2.43. The van der Waals surface area contributed by atoms with Crippen molar-refractivity contribution >= 4 is 38.9 Å². The molecule has 0 fully saturated rings. The van der Waals surface area contributed by atoms with E-state index >= 15 is 0 Å². The van der Waals surface area contributed by atoms with Crippen molar-refractivity contribution in [1.29, 1.82) is 0 Å². The number of nitrogens with zero attached hydrogens (tertiary/aromatic N) is 4. The van der Waals surface area contributed by atoms with Crippen LogP contribution in [0.3, 0.4) is 0 Å². The Morgan fingerprint density at radius 2 is 1.04 bits per heavy atom. The van der Waals surface area contributed by atoms with Crippen LogP contribution < -0.4 is 14.5 Å². The van der Waals surface area contributed by atoms with Crippen LogP contribution in [0.15, 0.2) is 194 Å². The van der Waals surface area contributed by atoms with Crippen molar-refractivity contribution in [1.82, 2.24) is 9.55 Å². The average Bonchev–Trinajstić information content (AvgIpc) is 3.94. The third kappa shape index (κ3) is 8.72. The second-order valence-corrected chi connectivity index (χ2v) is 21.9. The van der Waals surface area contributed by atoms with E-state index in [1.54, 1.807) is 0 Å². The van der Waals surface area contributed by atoms with Crippen molar-refractivity contribution in [2.75, 3.05) is 16.5 Å². The van der Waals surface area contributed by atoms with Gasteiger partial charge in [0.15, 0.2) is 0 Å². The molecule has 0 radical (unpaired) electrons. The second kappa shape index (κ2) is 17.3. The van der Waals surface area contributed by atoms with Gasteiger partial charge in [-0.05, 0) is 110 Å². The number of hydrogen-bond acceptors (Lipinski definition) is 4. The van der Waals surface area contributed by atoms with Gasteiger partial charge in [0.25, 0.3) is 0 Å². The highest BCUT2D eigenvalue weighted by Crippen LogP contribution is 2.43. The summed E-state index contributed by atoms with van der Waals surface area (Å²) in [5.41, 5.74) is 13.6. The molecule has 1 aliphatic rings. The third-order valence-corrected chi connectivity index (χ3v) is 14.4. The number of benzene rings is 7. The molecule has 5 heteroatoms. The first-order valence-electron chi connectivity index (χ1n) is 24.4. The van der Waals surface area contributed by atoms with Gasteiger partial charge in [0.05, 0.1) is 23.4 Å². The fourth-order valence-electron chi connectivity index (χ4n) is 9.90. The largest absolute Gasteiger partial charge is 0.457 e. The maximum absolute atomic E-state index is 7.12. The van der Waals surface area contributed by atoms with Gasteiger partial charge in [0.1, 0.15) is 17.3 Å². The first-order valence-corrected chi connectivity index (χ1v) is 24.4. The van der Waals surface area contributed by atoms with Crippen molar-refractivity contribution in [3.63, 3.8) is 0 Å². The van der Waals surface area contributed by atoms with Gasteiger partial charge in [-0.2, -0.15) is 0 Å². The number of ether oxygens (including phenoxy) is 1. The normalized spacial score (nSPS) is 13.6. The Hall–Kier alpha value is -7.37. The summed E-state index contributed by atoms with van der Waals surface area (Å²) >= 11 is 0. The summed E-state index contributed by atoms with van der Waals surface area (Å²) in [5, 5.41) is 2.37. The van der Waals surface area contributed by atoms with Gasteiger partial charge >= 0.3 is 0 Å². The summed E-state index contributed by atoms with van der Waals surface area (Å²) in [4.78, 5) is 9.81. The number of rotatable bonds is 10. The molecule has 0 amide bonds. The van der Waals surface area contributed by atoms with E-state index in [9.17, 15) is 0 Å². The van der Waals surface area contributed by atoms with Crippen LogP contribution in [0.25, 0.3) is 33.3 Å². The topological polar surface area (TPSA) is 33.5 Å². The molecule has 9 aromatic rings. The quantitative estimate of drug-likeness (QED) is 0.137. The minimum Gasteiger partial charge on any atom is -0.457 e. The van der Waals surface area contributed by atoms with Crippen LogP contribution in [-0.2, 0) is 21.7 Å². The molecule has 3 heterocycles. The fraction of sp³-hybridized carbons (Fsp3) is 0.234. The minimum absolute atomic E-state index is 0.000934. The van der Waals surface area contributed by atoms with Gasteiger partial charge in [-0.25, -0.2) is 4.98 Å². The van der Waals surface area contributed by atoms with Gasteiger partial charge in [0.2, 0.25) is 0 Å². The highest BCUT2D eigenvalue weighted by molar-refractivity contribution is 6.10. The number of hydrogen-bond donors (Lipinski definition) is 0. The van der Waals surface area contributed by atoms with Gasteiger partial charge < -0.3 is 14.5 Å². The first-order chi connectivity index (χ1) is 32.9. The SMILES string of the molecule is CC(C)(C)c1ccnc(-n2c3ccc(C(C)(C)C)cc3c3ccc(Oc4cc(N5C=C(c6ccccc6)N(c6cccc(C(C)(C)c7ccccc7)c6)C5)cc(C(C)(C)c5ccccc5)c4)cc32)c1. The molecule has 0 bridgehead atoms. The molecule has 2 aromatic heterocycles. The lowest BCUT2D eigenvalue weighted by Gasteiger charge is -2.30. The standard InChI is InChI=1S/C64H64N4O/c1-61(2,3)47-29-32-57-56(38-47)55-31-30-53(41-58(55)68(57)60-39-48(33-34-65-60)62(4,5)6)69-54-37-50(64(9,10)46-25-18-13-19-26-46)36-52(40-54)66-42-59(44-21-14-11-15-22-44)67(43-66)51-28-20-27-49(35-51)63(7,8)45-23-16-12-17-24-45/h11-42H,43H2,1-10H3. The molecule has 346 valence electrons. The van der Waals surface area contributed by atoms with Gasteiger partial charge in [-0.15, -0.1) is 0 Å². The van der Waals surface area contributed by atoms with Crippen molar-refractivity contribution in [3.8, 4) is 17.3 Å². The number of aromatic nitrogens is 2.